The van der Waals surface area contributed by atoms with Crippen molar-refractivity contribution in [3.05, 3.63) is 23.8 Å². The van der Waals surface area contributed by atoms with E-state index >= 15 is 0 Å². The minimum absolute atomic E-state index is 0.0177. The van der Waals surface area contributed by atoms with Crippen molar-refractivity contribution in [3.8, 4) is 0 Å². The van der Waals surface area contributed by atoms with E-state index < -0.39 is 41.1 Å². The van der Waals surface area contributed by atoms with Crippen LogP contribution < -0.4 is 0 Å². The molecule has 2 heterocycles. The lowest BCUT2D eigenvalue weighted by molar-refractivity contribution is -0.157. The van der Waals surface area contributed by atoms with E-state index in [1.165, 1.54) is 0 Å². The Hall–Kier alpha value is -2.24. The van der Waals surface area contributed by atoms with E-state index in [9.17, 15) is 19.2 Å². The van der Waals surface area contributed by atoms with Gasteiger partial charge in [0, 0.05) is 0 Å². The highest BCUT2D eigenvalue weighted by Crippen LogP contribution is 2.55. The molecule has 4 rings (SSSR count). The lowest BCUT2D eigenvalue weighted by atomic mass is 9.58. The minimum atomic E-state index is -0.992. The summed E-state index contributed by atoms with van der Waals surface area (Å²) in [6.07, 6.45) is 8.05. The Kier molecular flexibility index (Phi) is 3.04. The van der Waals surface area contributed by atoms with Crippen LogP contribution in [0.25, 0.3) is 0 Å². The molecule has 1 saturated carbocycles. The molecule has 23 heavy (non-hydrogen) atoms. The largest absolute Gasteiger partial charge is 0.393 e. The lowest BCUT2D eigenvalue weighted by Gasteiger charge is -2.40. The van der Waals surface area contributed by atoms with Gasteiger partial charge in [-0.1, -0.05) is 23.8 Å². The van der Waals surface area contributed by atoms with Crippen LogP contribution in [0.15, 0.2) is 23.8 Å². The van der Waals surface area contributed by atoms with Crippen molar-refractivity contribution in [1.82, 2.24) is 0 Å². The van der Waals surface area contributed by atoms with Gasteiger partial charge >= 0.3 is 23.9 Å². The number of ether oxygens (including phenoxy) is 2. The zero-order valence-corrected chi connectivity index (χ0v) is 12.4. The van der Waals surface area contributed by atoms with Crippen molar-refractivity contribution < 1.29 is 28.7 Å². The van der Waals surface area contributed by atoms with Gasteiger partial charge in [-0.05, 0) is 31.6 Å². The molecule has 0 N–H and O–H groups in total. The summed E-state index contributed by atoms with van der Waals surface area (Å²) in [5.41, 5.74) is 0.0505. The molecular formula is C17H16O6. The Balaban J connectivity index is 1.76. The van der Waals surface area contributed by atoms with Gasteiger partial charge in [0.2, 0.25) is 0 Å². The molecule has 2 saturated heterocycles. The molecule has 0 bridgehead atoms. The van der Waals surface area contributed by atoms with Crippen LogP contribution in [-0.4, -0.2) is 23.9 Å². The smallest absolute Gasteiger partial charge is 0.320 e. The van der Waals surface area contributed by atoms with E-state index in [0.717, 1.165) is 18.4 Å². The van der Waals surface area contributed by atoms with Gasteiger partial charge in [-0.25, -0.2) is 0 Å². The molecule has 0 aromatic rings. The second kappa shape index (κ2) is 4.88. The zero-order chi connectivity index (χ0) is 16.2. The summed E-state index contributed by atoms with van der Waals surface area (Å²) >= 11 is 0. The van der Waals surface area contributed by atoms with Crippen LogP contribution >= 0.6 is 0 Å². The molecule has 2 aliphatic carbocycles. The first-order valence-electron chi connectivity index (χ1n) is 7.86. The number of carbonyl (C=O) groups excluding carboxylic acids is 4. The van der Waals surface area contributed by atoms with Gasteiger partial charge in [0.25, 0.3) is 0 Å². The van der Waals surface area contributed by atoms with Gasteiger partial charge in [0.1, 0.15) is 0 Å². The summed E-state index contributed by atoms with van der Waals surface area (Å²) < 4.78 is 9.59. The van der Waals surface area contributed by atoms with Crippen molar-refractivity contribution in [1.29, 1.82) is 0 Å². The highest BCUT2D eigenvalue weighted by molar-refractivity contribution is 6.01. The molecule has 0 radical (unpaired) electrons. The Labute approximate surface area is 132 Å². The molecule has 0 amide bonds. The van der Waals surface area contributed by atoms with E-state index in [0.29, 0.717) is 6.42 Å². The maximum Gasteiger partial charge on any atom is 0.320 e. The minimum Gasteiger partial charge on any atom is -0.393 e. The predicted octanol–water partition coefficient (Wildman–Crippen LogP) is 1.45. The van der Waals surface area contributed by atoms with E-state index in [4.69, 9.17) is 9.47 Å². The van der Waals surface area contributed by atoms with E-state index in [1.807, 2.05) is 18.2 Å². The summed E-state index contributed by atoms with van der Waals surface area (Å²) in [7, 11) is 0. The Morgan fingerprint density at radius 3 is 2.43 bits per heavy atom. The Morgan fingerprint density at radius 2 is 1.78 bits per heavy atom. The summed E-state index contributed by atoms with van der Waals surface area (Å²) in [6, 6.07) is 0. The van der Waals surface area contributed by atoms with E-state index in [1.54, 1.807) is 0 Å². The normalized spacial score (nSPS) is 39.3. The second-order valence-corrected chi connectivity index (χ2v) is 6.81. The molecule has 0 aromatic heterocycles. The molecule has 2 aliphatic heterocycles. The second-order valence-electron chi connectivity index (χ2n) is 6.81. The molecule has 6 heteroatoms. The third-order valence-corrected chi connectivity index (χ3v) is 5.51. The average Bonchev–Trinajstić information content (AvgIpc) is 2.96. The topological polar surface area (TPSA) is 86.7 Å². The van der Waals surface area contributed by atoms with E-state index in [2.05, 4.69) is 0 Å². The first-order valence-corrected chi connectivity index (χ1v) is 7.86. The molecule has 120 valence electrons. The zero-order valence-electron chi connectivity index (χ0n) is 12.4. The fourth-order valence-electron chi connectivity index (χ4n) is 4.46. The third kappa shape index (κ3) is 2.08. The fraction of sp³-hybridized carbons (Fsp3) is 0.529. The lowest BCUT2D eigenvalue weighted by Crippen LogP contribution is -2.44. The van der Waals surface area contributed by atoms with Crippen molar-refractivity contribution in [3.63, 3.8) is 0 Å². The van der Waals surface area contributed by atoms with Crippen LogP contribution in [0.4, 0.5) is 0 Å². The van der Waals surface area contributed by atoms with Crippen LogP contribution in [0.2, 0.25) is 0 Å². The number of cyclic esters (lactones) is 4. The van der Waals surface area contributed by atoms with Crippen LogP contribution in [-0.2, 0) is 28.7 Å². The van der Waals surface area contributed by atoms with E-state index in [-0.39, 0.29) is 18.8 Å². The summed E-state index contributed by atoms with van der Waals surface area (Å²) in [4.78, 5) is 48.1. The summed E-state index contributed by atoms with van der Waals surface area (Å²) in [5, 5.41) is 0. The Bertz CT molecular complexity index is 687. The fourth-order valence-corrected chi connectivity index (χ4v) is 4.46. The highest BCUT2D eigenvalue weighted by Gasteiger charge is 2.62. The molecule has 3 fully saturated rings. The van der Waals surface area contributed by atoms with Gasteiger partial charge in [-0.3, -0.25) is 19.2 Å². The molecule has 0 aromatic carbocycles. The van der Waals surface area contributed by atoms with Gasteiger partial charge in [-0.15, -0.1) is 0 Å². The highest BCUT2D eigenvalue weighted by atomic mass is 16.6. The van der Waals surface area contributed by atoms with Crippen LogP contribution in [0, 0.1) is 23.2 Å². The number of hydrogen-bond acceptors (Lipinski definition) is 6. The van der Waals surface area contributed by atoms with Crippen molar-refractivity contribution in [2.75, 3.05) is 0 Å². The quantitative estimate of drug-likeness (QED) is 0.537. The summed E-state index contributed by atoms with van der Waals surface area (Å²) in [5.74, 6) is -3.67. The standard InChI is InChI=1S/C17H16O6/c18-12-8-17(16(21)22-12)6-10(9-4-2-1-3-5-9)13-11(7-17)14(19)23-15(13)20/h1-2,4,10-11,13H,3,5-8H2. The monoisotopic (exact) mass is 316 g/mol. The SMILES string of the molecule is O=C1CC2(CC3C(=O)OC(=O)C3C(C3=CC=CCC3)C2)C(=O)O1. The number of carbonyl (C=O) groups is 4. The molecule has 1 spiro atoms. The first kappa shape index (κ1) is 14.4. The number of esters is 4. The van der Waals surface area contributed by atoms with Crippen LogP contribution in [0.1, 0.15) is 32.1 Å². The maximum atomic E-state index is 12.3. The number of fused-ring (bicyclic) bond motifs is 1. The number of hydrogen-bond donors (Lipinski definition) is 0. The molecule has 4 unspecified atom stereocenters. The average molecular weight is 316 g/mol. The molecular weight excluding hydrogens is 300 g/mol. The van der Waals surface area contributed by atoms with Gasteiger partial charge < -0.3 is 9.47 Å². The van der Waals surface area contributed by atoms with Crippen molar-refractivity contribution >= 4 is 23.9 Å². The van der Waals surface area contributed by atoms with Crippen LogP contribution in [0.3, 0.4) is 0 Å². The third-order valence-electron chi connectivity index (χ3n) is 5.51. The van der Waals surface area contributed by atoms with Crippen molar-refractivity contribution in [2.45, 2.75) is 32.1 Å². The maximum absolute atomic E-state index is 12.3. The first-order chi connectivity index (χ1) is 11.0. The Morgan fingerprint density at radius 1 is 1.00 bits per heavy atom. The molecule has 4 aliphatic rings. The molecule has 6 nitrogen and oxygen atoms in total. The van der Waals surface area contributed by atoms with Crippen LogP contribution in [0.5, 0.6) is 0 Å². The number of allylic oxidation sites excluding steroid dienone is 4. The van der Waals surface area contributed by atoms with Crippen molar-refractivity contribution in [2.24, 2.45) is 23.2 Å². The van der Waals surface area contributed by atoms with Gasteiger partial charge in [0.15, 0.2) is 0 Å². The van der Waals surface area contributed by atoms with Gasteiger partial charge in [-0.2, -0.15) is 0 Å². The predicted molar refractivity (Wildman–Crippen MR) is 75.4 cm³/mol. The summed E-state index contributed by atoms with van der Waals surface area (Å²) in [6.45, 7) is 0. The molecule has 4 atom stereocenters. The van der Waals surface area contributed by atoms with Gasteiger partial charge in [0.05, 0.1) is 23.7 Å². The number of rotatable bonds is 1.